The molecule has 0 saturated carbocycles. The summed E-state index contributed by atoms with van der Waals surface area (Å²) in [5.74, 6) is -4.23. The third-order valence-electron chi connectivity index (χ3n) is 13.8. The summed E-state index contributed by atoms with van der Waals surface area (Å²) in [6.45, 7) is 6.84. The summed E-state index contributed by atoms with van der Waals surface area (Å²) in [6.07, 6.45) is -2.04. The van der Waals surface area contributed by atoms with Gasteiger partial charge in [0.1, 0.15) is 40.7 Å². The number of benzene rings is 7. The first-order valence-corrected chi connectivity index (χ1v) is 36.7. The lowest BCUT2D eigenvalue weighted by atomic mass is 10.2. The van der Waals surface area contributed by atoms with E-state index < -0.39 is 58.4 Å². The lowest BCUT2D eigenvalue weighted by Gasteiger charge is -2.14. The highest BCUT2D eigenvalue weighted by molar-refractivity contribution is 6.41. The molecule has 6 N–H and O–H groups in total. The number of ether oxygens (including phenoxy) is 5. The number of aldehydes is 1. The van der Waals surface area contributed by atoms with E-state index in [4.69, 9.17) is 226 Å². The molecule has 0 spiro atoms. The van der Waals surface area contributed by atoms with Gasteiger partial charge in [-0.3, -0.25) is 14.2 Å². The summed E-state index contributed by atoms with van der Waals surface area (Å²) < 4.78 is 80.3. The SMILES string of the molecule is CCOC(=O)COc1c(Cl)cc(Cl)cc1C#N.CCOC(=O)c1oc2c(Cl)cc(Cl)cc2c1-n1c(=O)cc(C(F)(F)F)n(C)c1=O.CCOC(=O)c1oc2c(Cl)cc(Cl)cc2c1N.CCOC(=O)c1oc2c(Cl)cc(Cl)cc2c1N=C=O.N#Cc1cc(Cl)cc(Cl)c1O.O/N=C\c1cc(Cl)cc(Cl)c1O.O=Cc1cc(Cl)cc(Cl)c1O. The molecule has 7 aromatic carbocycles. The second kappa shape index (κ2) is 44.4. The quantitative estimate of drug-likeness (QED) is 0.0128. The number of hydrogen-bond donors (Lipinski definition) is 5. The second-order valence-electron chi connectivity index (χ2n) is 21.5. The van der Waals surface area contributed by atoms with Crippen molar-refractivity contribution in [2.24, 2.45) is 17.2 Å². The van der Waals surface area contributed by atoms with Gasteiger partial charge in [-0.2, -0.15) is 28.7 Å². The summed E-state index contributed by atoms with van der Waals surface area (Å²) in [6, 6.07) is 23.6. The minimum absolute atomic E-state index is 0.00727. The number of halogens is 17. The summed E-state index contributed by atoms with van der Waals surface area (Å²) in [5.41, 5.74) is 2.52. The van der Waals surface area contributed by atoms with E-state index in [1.54, 1.807) is 32.9 Å². The maximum atomic E-state index is 13.1. The van der Waals surface area contributed by atoms with E-state index in [2.05, 4.69) is 14.9 Å². The van der Waals surface area contributed by atoms with E-state index in [-0.39, 0.29) is 164 Å². The number of alkyl halides is 3. The number of hydrogen-bond acceptors (Lipinski definition) is 25. The number of fused-ring (bicyclic) bond motifs is 3. The van der Waals surface area contributed by atoms with Crippen LogP contribution in [0.25, 0.3) is 38.6 Å². The van der Waals surface area contributed by atoms with Crippen molar-refractivity contribution in [3.8, 4) is 40.8 Å². The second-order valence-corrected chi connectivity index (χ2v) is 27.4. The Morgan fingerprint density at radius 2 is 0.931 bits per heavy atom. The van der Waals surface area contributed by atoms with Crippen molar-refractivity contribution >= 4 is 249 Å². The molecule has 44 heteroatoms. The molecule has 610 valence electrons. The Hall–Kier alpha value is -9.93. The number of nitrogens with two attached hydrogens (primary N) is 1. The van der Waals surface area contributed by atoms with Crippen LogP contribution in [0, 0.1) is 22.7 Å². The van der Waals surface area contributed by atoms with Crippen LogP contribution in [0.15, 0.2) is 124 Å². The van der Waals surface area contributed by atoms with Crippen molar-refractivity contribution in [2.75, 3.05) is 38.8 Å². The molecule has 0 unspecified atom stereocenters. The third-order valence-corrected chi connectivity index (χ3v) is 17.4. The molecule has 4 heterocycles. The Bertz CT molecular complexity index is 5870. The molecule has 27 nitrogen and oxygen atoms in total. The highest BCUT2D eigenvalue weighted by atomic mass is 35.5. The van der Waals surface area contributed by atoms with Gasteiger partial charge in [-0.1, -0.05) is 168 Å². The van der Waals surface area contributed by atoms with Crippen LogP contribution >= 0.6 is 162 Å². The first kappa shape index (κ1) is 96.7. The fourth-order valence-electron chi connectivity index (χ4n) is 9.07. The van der Waals surface area contributed by atoms with Crippen molar-refractivity contribution in [2.45, 2.75) is 33.9 Å². The normalized spacial score (nSPS) is 10.5. The first-order chi connectivity index (χ1) is 54.6. The summed E-state index contributed by atoms with van der Waals surface area (Å²) in [7, 11) is 0.841. The molecule has 0 amide bonds. The van der Waals surface area contributed by atoms with Gasteiger partial charge in [0.2, 0.25) is 23.4 Å². The smallest absolute Gasteiger partial charge is 0.431 e. The highest BCUT2D eigenvalue weighted by Crippen LogP contribution is 2.42. The van der Waals surface area contributed by atoms with Crippen LogP contribution in [0.4, 0.5) is 24.5 Å². The maximum Gasteiger partial charge on any atom is 0.431 e. The monoisotopic (exact) mass is 1880 g/mol. The molecule has 0 aliphatic heterocycles. The number of furan rings is 3. The molecular formula is C72H48Cl14F3N7O20. The number of nitrogen functional groups attached to an aromatic ring is 1. The molecule has 4 aromatic heterocycles. The molecule has 116 heavy (non-hydrogen) atoms. The molecule has 0 aliphatic rings. The Labute approximate surface area is 720 Å². The Morgan fingerprint density at radius 1 is 0.534 bits per heavy atom. The Balaban J connectivity index is 0.000000248. The number of nitrogens with zero attached hydrogens (tertiary/aromatic N) is 6. The minimum Gasteiger partial charge on any atom is -0.506 e. The molecule has 0 saturated heterocycles. The van der Waals surface area contributed by atoms with Crippen molar-refractivity contribution in [1.29, 1.82) is 10.5 Å². The highest BCUT2D eigenvalue weighted by Gasteiger charge is 2.37. The van der Waals surface area contributed by atoms with Gasteiger partial charge in [0.15, 0.2) is 41.1 Å². The number of carbonyl (C=O) groups excluding carboxylic acids is 6. The number of aromatic nitrogens is 2. The molecule has 11 rings (SSSR count). The van der Waals surface area contributed by atoms with E-state index >= 15 is 0 Å². The number of isocyanates is 1. The summed E-state index contributed by atoms with van der Waals surface area (Å²) >= 11 is 80.6. The largest absolute Gasteiger partial charge is 0.506 e. The lowest BCUT2D eigenvalue weighted by Crippen LogP contribution is -2.41. The Kier molecular flexibility index (Phi) is 37.0. The van der Waals surface area contributed by atoms with Gasteiger partial charge in [-0.05, 0) is 113 Å². The standard InChI is InChI=1S/C17H11Cl2F3N2O5.C12H7Cl2NO4.2C11H9Cl2NO3.C7H5Cl2NO2.C7H3Cl2NO.C7H4Cl2O2/c1-3-28-15(26)14-12(8-4-7(18)5-9(19)13(8)29-14)24-11(25)6-10(17(20,21)22)23(2)16(24)27;1-2-18-12(17)11-9(15-5-16)7-3-6(13)4-8(14)10(7)19-11;1-2-16-11(15)10-8(14)6-3-5(12)4-7(13)9(6)17-10;1-2-16-10(15)6-17-11-7(5-14)3-8(12)4-9(11)13;8-5-1-4(3-10-12)7(11)6(9)2-5;2*8-5-1-4(3-10)7(11)6(9)2-5/h4-6H,3H2,1-2H3;3-4H,2H2,1H3;3-4H,2,14H2,1H3;3-4H,2,6H2,1H3;1-3,11-12H;1-2,11H;1-3,11H/b;;;;10-3-;;. The first-order valence-electron chi connectivity index (χ1n) is 31.4. The third kappa shape index (κ3) is 25.3. The van der Waals surface area contributed by atoms with Crippen molar-refractivity contribution in [3.05, 3.63) is 227 Å². The van der Waals surface area contributed by atoms with Crippen molar-refractivity contribution in [1.82, 2.24) is 9.13 Å². The molecule has 0 bridgehead atoms. The van der Waals surface area contributed by atoms with Crippen LogP contribution in [-0.4, -0.2) is 105 Å². The number of carbonyl (C=O) groups is 5. The Morgan fingerprint density at radius 3 is 1.41 bits per heavy atom. The molecular weight excluding hydrogens is 1840 g/mol. The van der Waals surface area contributed by atoms with Gasteiger partial charge >= 0.3 is 35.7 Å². The number of anilines is 1. The zero-order valence-corrected chi connectivity index (χ0v) is 69.4. The van der Waals surface area contributed by atoms with E-state index in [0.717, 1.165) is 13.3 Å². The number of esters is 4. The average Bonchev–Trinajstić information content (AvgIpc) is 1.54. The molecule has 11 aromatic rings. The number of nitriles is 2. The van der Waals surface area contributed by atoms with Gasteiger partial charge < -0.3 is 63.2 Å². The van der Waals surface area contributed by atoms with Gasteiger partial charge in [-0.15, -0.1) is 0 Å². The van der Waals surface area contributed by atoms with Crippen molar-refractivity contribution < 1.29 is 99.4 Å². The van der Waals surface area contributed by atoms with Gasteiger partial charge in [-0.25, -0.2) is 33.3 Å². The fourth-order valence-corrected chi connectivity index (χ4v) is 12.7. The van der Waals surface area contributed by atoms with Crippen molar-refractivity contribution in [3.63, 3.8) is 0 Å². The van der Waals surface area contributed by atoms with E-state index in [1.165, 1.54) is 91.9 Å². The van der Waals surface area contributed by atoms with Crippen LogP contribution in [-0.2, 0) is 41.8 Å². The predicted octanol–water partition coefficient (Wildman–Crippen LogP) is 21.6. The lowest BCUT2D eigenvalue weighted by molar-refractivity contribution is -0.145. The minimum atomic E-state index is -4.94. The topological polar surface area (TPSA) is 411 Å². The number of rotatable bonds is 14. The van der Waals surface area contributed by atoms with E-state index in [0.29, 0.717) is 62.4 Å². The zero-order chi connectivity index (χ0) is 87.1. The van der Waals surface area contributed by atoms with Crippen LogP contribution in [0.5, 0.6) is 23.0 Å². The van der Waals surface area contributed by atoms with Crippen LogP contribution in [0.1, 0.15) is 92.1 Å². The van der Waals surface area contributed by atoms with E-state index in [9.17, 15) is 56.6 Å². The fraction of sp³-hybridized carbons (Fsp3) is 0.153. The number of aromatic hydroxyl groups is 3. The average molecular weight is 1880 g/mol. The number of aliphatic imine (C=N–C) groups is 1. The van der Waals surface area contributed by atoms with E-state index in [1.807, 2.05) is 6.07 Å². The molecule has 0 aliphatic carbocycles. The van der Waals surface area contributed by atoms with Gasteiger partial charge in [0, 0.05) is 64.6 Å². The number of phenols is 3. The predicted molar refractivity (Wildman–Crippen MR) is 432 cm³/mol. The maximum absolute atomic E-state index is 13.1. The molecule has 0 atom stereocenters. The number of phenolic OH excluding ortho intramolecular Hbond substituents is 3. The summed E-state index contributed by atoms with van der Waals surface area (Å²) in [4.78, 5) is 96.1. The van der Waals surface area contributed by atoms with Crippen LogP contribution in [0.3, 0.4) is 0 Å². The van der Waals surface area contributed by atoms with Gasteiger partial charge in [0.05, 0.1) is 95.6 Å². The van der Waals surface area contributed by atoms with Gasteiger partial charge in [0.25, 0.3) is 5.56 Å². The summed E-state index contributed by atoms with van der Waals surface area (Å²) in [5, 5.41) is 59.7. The zero-order valence-electron chi connectivity index (χ0n) is 58.9. The number of oxime groups is 1. The van der Waals surface area contributed by atoms with Crippen LogP contribution in [0.2, 0.25) is 70.3 Å². The van der Waals surface area contributed by atoms with Crippen LogP contribution < -0.4 is 21.7 Å². The molecule has 0 radical (unpaired) electrons. The molecule has 0 fully saturated rings.